The van der Waals surface area contributed by atoms with Crippen LogP contribution in [0.2, 0.25) is 0 Å². The largest absolute Gasteiger partial charge is 0.506 e. The molecule has 1 aromatic rings. The topological polar surface area (TPSA) is 26.7 Å². The van der Waals surface area contributed by atoms with Gasteiger partial charge < -0.3 is 10.0 Å². The summed E-state index contributed by atoms with van der Waals surface area (Å²) in [5.74, 6) is 0.335. The zero-order valence-electron chi connectivity index (χ0n) is 10.4. The molecule has 1 heterocycles. The number of benzene rings is 1. The third-order valence-electron chi connectivity index (χ3n) is 3.55. The number of halogens is 1. The average molecular weight is 299 g/mol. The minimum Gasteiger partial charge on any atom is -0.506 e. The molecule has 1 aliphatic rings. The summed E-state index contributed by atoms with van der Waals surface area (Å²) in [5.41, 5.74) is 0.874. The summed E-state index contributed by atoms with van der Waals surface area (Å²) in [4.78, 5) is 4.58. The number of phenols is 1. The molecule has 1 aliphatic heterocycles. The monoisotopic (exact) mass is 298 g/mol. The van der Waals surface area contributed by atoms with Gasteiger partial charge in [-0.05, 0) is 38.0 Å². The maximum Gasteiger partial charge on any atom is 0.138 e. The zero-order valence-corrected chi connectivity index (χ0v) is 11.9. The molecular weight excluding hydrogens is 280 g/mol. The first-order chi connectivity index (χ1) is 8.09. The van der Waals surface area contributed by atoms with Crippen LogP contribution >= 0.6 is 15.9 Å². The van der Waals surface area contributed by atoms with Crippen molar-refractivity contribution in [2.75, 3.05) is 25.0 Å². The van der Waals surface area contributed by atoms with Gasteiger partial charge in [-0.1, -0.05) is 15.9 Å². The van der Waals surface area contributed by atoms with Crippen LogP contribution in [0.15, 0.2) is 22.7 Å². The molecule has 1 atom stereocenters. The van der Waals surface area contributed by atoms with Crippen LogP contribution in [0.3, 0.4) is 0 Å². The second-order valence-corrected chi connectivity index (χ2v) is 5.53. The highest BCUT2D eigenvalue weighted by Gasteiger charge is 2.22. The van der Waals surface area contributed by atoms with Crippen molar-refractivity contribution >= 4 is 21.6 Å². The highest BCUT2D eigenvalue weighted by atomic mass is 79.9. The highest BCUT2D eigenvalue weighted by molar-refractivity contribution is 9.10. The van der Waals surface area contributed by atoms with Crippen LogP contribution < -0.4 is 4.90 Å². The minimum atomic E-state index is 0.317. The van der Waals surface area contributed by atoms with Gasteiger partial charge in [-0.15, -0.1) is 0 Å². The number of anilines is 1. The second-order valence-electron chi connectivity index (χ2n) is 4.62. The van der Waals surface area contributed by atoms with E-state index < -0.39 is 0 Å². The number of hydrogen-bond donors (Lipinski definition) is 1. The lowest BCUT2D eigenvalue weighted by Crippen LogP contribution is -2.43. The van der Waals surface area contributed by atoms with Crippen LogP contribution in [-0.2, 0) is 0 Å². The number of rotatable bonds is 3. The van der Waals surface area contributed by atoms with Crippen molar-refractivity contribution in [2.45, 2.75) is 25.9 Å². The molecule has 0 bridgehead atoms. The first kappa shape index (κ1) is 12.7. The normalized spacial score (nSPS) is 18.3. The fourth-order valence-electron chi connectivity index (χ4n) is 2.34. The Morgan fingerprint density at radius 3 is 2.65 bits per heavy atom. The summed E-state index contributed by atoms with van der Waals surface area (Å²) in [7, 11) is 2.03. The van der Waals surface area contributed by atoms with Gasteiger partial charge in [-0.3, -0.25) is 4.90 Å². The van der Waals surface area contributed by atoms with E-state index in [1.54, 1.807) is 6.07 Å². The molecule has 2 rings (SSSR count). The van der Waals surface area contributed by atoms with Gasteiger partial charge in [0.05, 0.1) is 11.9 Å². The maximum absolute atomic E-state index is 9.92. The van der Waals surface area contributed by atoms with Crippen LogP contribution in [0.1, 0.15) is 19.8 Å². The minimum absolute atomic E-state index is 0.317. The van der Waals surface area contributed by atoms with Gasteiger partial charge in [0, 0.05) is 24.6 Å². The van der Waals surface area contributed by atoms with Crippen molar-refractivity contribution in [3.05, 3.63) is 22.7 Å². The Balaban J connectivity index is 2.17. The number of phenolic OH excluding ortho intramolecular Hbond substituents is 1. The lowest BCUT2D eigenvalue weighted by atomic mass is 10.2. The van der Waals surface area contributed by atoms with Gasteiger partial charge in [0.25, 0.3) is 0 Å². The molecule has 1 unspecified atom stereocenters. The van der Waals surface area contributed by atoms with Crippen molar-refractivity contribution in [3.63, 3.8) is 0 Å². The lowest BCUT2D eigenvalue weighted by Gasteiger charge is -2.34. The average Bonchev–Trinajstić information content (AvgIpc) is 2.84. The Labute approximate surface area is 111 Å². The molecule has 1 saturated heterocycles. The third kappa shape index (κ3) is 2.75. The van der Waals surface area contributed by atoms with E-state index in [4.69, 9.17) is 0 Å². The first-order valence-electron chi connectivity index (χ1n) is 6.05. The molecular formula is C13H19BrN2O. The van der Waals surface area contributed by atoms with Gasteiger partial charge >= 0.3 is 0 Å². The van der Waals surface area contributed by atoms with Gasteiger partial charge in [-0.25, -0.2) is 0 Å². The number of likely N-dealkylation sites (tertiary alicyclic amines) is 1. The van der Waals surface area contributed by atoms with E-state index in [9.17, 15) is 5.11 Å². The fraction of sp³-hybridized carbons (Fsp3) is 0.538. The quantitative estimate of drug-likeness (QED) is 0.929. The standard InChI is InChI=1S/C13H19BrN2O/c1-10(16-7-3-4-8-16)15(2)12-9-11(14)5-6-13(12)17/h5-6,9-10,17H,3-4,7-8H2,1-2H3. The molecule has 1 fully saturated rings. The number of hydrogen-bond acceptors (Lipinski definition) is 3. The SMILES string of the molecule is CC(N1CCCC1)N(C)c1cc(Br)ccc1O. The maximum atomic E-state index is 9.92. The zero-order chi connectivity index (χ0) is 12.4. The number of nitrogens with zero attached hydrogens (tertiary/aromatic N) is 2. The van der Waals surface area contributed by atoms with Crippen LogP contribution in [-0.4, -0.2) is 36.3 Å². The molecule has 94 valence electrons. The van der Waals surface area contributed by atoms with E-state index >= 15 is 0 Å². The molecule has 0 radical (unpaired) electrons. The molecule has 4 heteroatoms. The first-order valence-corrected chi connectivity index (χ1v) is 6.84. The van der Waals surface area contributed by atoms with Crippen molar-refractivity contribution in [1.29, 1.82) is 0 Å². The Bertz CT molecular complexity index is 391. The van der Waals surface area contributed by atoms with Crippen LogP contribution in [0.5, 0.6) is 5.75 Å². The summed E-state index contributed by atoms with van der Waals surface area (Å²) in [5, 5.41) is 9.92. The van der Waals surface area contributed by atoms with E-state index in [1.165, 1.54) is 12.8 Å². The Kier molecular flexibility index (Phi) is 3.94. The van der Waals surface area contributed by atoms with Crippen LogP contribution in [0.25, 0.3) is 0 Å². The predicted octanol–water partition coefficient (Wildman–Crippen LogP) is 3.03. The second kappa shape index (κ2) is 5.27. The summed E-state index contributed by atoms with van der Waals surface area (Å²) >= 11 is 3.45. The van der Waals surface area contributed by atoms with Crippen molar-refractivity contribution in [1.82, 2.24) is 4.90 Å². The summed E-state index contributed by atoms with van der Waals surface area (Å²) in [6.07, 6.45) is 2.88. The molecule has 1 N–H and O–H groups in total. The van der Waals surface area contributed by atoms with E-state index in [-0.39, 0.29) is 0 Å². The molecule has 0 aliphatic carbocycles. The third-order valence-corrected chi connectivity index (χ3v) is 4.04. The predicted molar refractivity (Wildman–Crippen MR) is 74.5 cm³/mol. The van der Waals surface area contributed by atoms with Gasteiger partial charge in [0.2, 0.25) is 0 Å². The van der Waals surface area contributed by atoms with Crippen LogP contribution in [0.4, 0.5) is 5.69 Å². The molecule has 0 spiro atoms. The molecule has 0 amide bonds. The molecule has 1 aromatic carbocycles. The Morgan fingerprint density at radius 2 is 2.00 bits per heavy atom. The van der Waals surface area contributed by atoms with Gasteiger partial charge in [-0.2, -0.15) is 0 Å². The van der Waals surface area contributed by atoms with Crippen molar-refractivity contribution in [2.24, 2.45) is 0 Å². The Hall–Kier alpha value is -0.740. The summed E-state index contributed by atoms with van der Waals surface area (Å²) in [6, 6.07) is 5.54. The van der Waals surface area contributed by atoms with Gasteiger partial charge in [0.1, 0.15) is 5.75 Å². The van der Waals surface area contributed by atoms with Crippen molar-refractivity contribution in [3.8, 4) is 5.75 Å². The highest BCUT2D eigenvalue weighted by Crippen LogP contribution is 2.31. The fourth-order valence-corrected chi connectivity index (χ4v) is 2.69. The summed E-state index contributed by atoms with van der Waals surface area (Å²) in [6.45, 7) is 4.49. The Morgan fingerprint density at radius 1 is 1.35 bits per heavy atom. The van der Waals surface area contributed by atoms with E-state index in [1.807, 2.05) is 19.2 Å². The molecule has 3 nitrogen and oxygen atoms in total. The summed E-state index contributed by atoms with van der Waals surface area (Å²) < 4.78 is 0.991. The lowest BCUT2D eigenvalue weighted by molar-refractivity contribution is 0.256. The number of aromatic hydroxyl groups is 1. The van der Waals surface area contributed by atoms with E-state index in [0.717, 1.165) is 23.2 Å². The van der Waals surface area contributed by atoms with Crippen molar-refractivity contribution < 1.29 is 5.11 Å². The molecule has 0 saturated carbocycles. The van der Waals surface area contributed by atoms with E-state index in [0.29, 0.717) is 11.9 Å². The smallest absolute Gasteiger partial charge is 0.138 e. The molecule has 17 heavy (non-hydrogen) atoms. The van der Waals surface area contributed by atoms with Gasteiger partial charge in [0.15, 0.2) is 0 Å². The van der Waals surface area contributed by atoms with Crippen LogP contribution in [0, 0.1) is 0 Å². The van der Waals surface area contributed by atoms with E-state index in [2.05, 4.69) is 32.7 Å². The molecule has 0 aromatic heterocycles.